The summed E-state index contributed by atoms with van der Waals surface area (Å²) < 4.78 is 8.41. The predicted molar refractivity (Wildman–Crippen MR) is 100 cm³/mol. The Morgan fingerprint density at radius 3 is 2.81 bits per heavy atom. The number of carbonyl (C=O) groups excluding carboxylic acids is 1. The first-order valence-electron chi connectivity index (χ1n) is 8.96. The number of carbonyl (C=O) groups is 1. The molecule has 140 valence electrons. The van der Waals surface area contributed by atoms with Gasteiger partial charge in [0, 0.05) is 20.2 Å². The van der Waals surface area contributed by atoms with Gasteiger partial charge in [0.05, 0.1) is 18.1 Å². The van der Waals surface area contributed by atoms with E-state index in [0.29, 0.717) is 17.7 Å². The molecule has 0 aliphatic carbocycles. The minimum atomic E-state index is -0.359. The maximum atomic E-state index is 12.7. The number of nitrogens with one attached hydrogen (secondary N) is 1. The first-order valence-corrected chi connectivity index (χ1v) is 8.96. The lowest BCUT2D eigenvalue weighted by Crippen LogP contribution is -2.32. The molecule has 1 fully saturated rings. The van der Waals surface area contributed by atoms with Gasteiger partial charge in [0.2, 0.25) is 0 Å². The van der Waals surface area contributed by atoms with Crippen LogP contribution in [0.25, 0.3) is 16.7 Å². The van der Waals surface area contributed by atoms with E-state index in [1.54, 1.807) is 7.05 Å². The standard InChI is InChI=1S/C19H21N5O3/c1-12-5-7-13(8-6-12)24-17-15(21-11-23(2)19(17)26)16(22-24)18(25)20-10-14-4-3-9-27-14/h5-8,11,14H,3-4,9-10H2,1-2H3,(H,20,25)/t14-/m0/s1. The lowest BCUT2D eigenvalue weighted by atomic mass is 10.2. The van der Waals surface area contributed by atoms with Crippen molar-refractivity contribution in [2.24, 2.45) is 7.05 Å². The summed E-state index contributed by atoms with van der Waals surface area (Å²) in [7, 11) is 1.62. The monoisotopic (exact) mass is 367 g/mol. The average Bonchev–Trinajstić information content (AvgIpc) is 3.31. The molecule has 27 heavy (non-hydrogen) atoms. The molecule has 0 bridgehead atoms. The Morgan fingerprint density at radius 1 is 1.33 bits per heavy atom. The van der Waals surface area contributed by atoms with E-state index in [-0.39, 0.29) is 28.8 Å². The van der Waals surface area contributed by atoms with E-state index in [9.17, 15) is 9.59 Å². The predicted octanol–water partition coefficient (Wildman–Crippen LogP) is 1.34. The highest BCUT2D eigenvalue weighted by molar-refractivity contribution is 6.03. The number of hydrogen-bond donors (Lipinski definition) is 1. The third-order valence-corrected chi connectivity index (χ3v) is 4.75. The first kappa shape index (κ1) is 17.4. The lowest BCUT2D eigenvalue weighted by Gasteiger charge is -2.09. The van der Waals surface area contributed by atoms with Crippen LogP contribution in [0.3, 0.4) is 0 Å². The molecule has 8 nitrogen and oxygen atoms in total. The van der Waals surface area contributed by atoms with Crippen molar-refractivity contribution in [2.75, 3.05) is 13.2 Å². The van der Waals surface area contributed by atoms with Crippen LogP contribution in [0.5, 0.6) is 0 Å². The second kappa shape index (κ2) is 6.96. The van der Waals surface area contributed by atoms with E-state index in [4.69, 9.17) is 4.74 Å². The van der Waals surface area contributed by atoms with Crippen molar-refractivity contribution in [3.05, 3.63) is 52.2 Å². The van der Waals surface area contributed by atoms with E-state index >= 15 is 0 Å². The molecular formula is C19H21N5O3. The average molecular weight is 367 g/mol. The van der Waals surface area contributed by atoms with Crippen LogP contribution in [0, 0.1) is 6.92 Å². The molecule has 3 aromatic rings. The molecule has 3 heterocycles. The molecule has 1 amide bonds. The van der Waals surface area contributed by atoms with E-state index in [1.165, 1.54) is 15.6 Å². The molecule has 8 heteroatoms. The second-order valence-electron chi connectivity index (χ2n) is 6.80. The molecule has 0 spiro atoms. The molecule has 1 saturated heterocycles. The van der Waals surface area contributed by atoms with Crippen molar-refractivity contribution in [3.8, 4) is 5.69 Å². The quantitative estimate of drug-likeness (QED) is 0.751. The zero-order valence-corrected chi connectivity index (χ0v) is 15.3. The Hall–Kier alpha value is -3.00. The van der Waals surface area contributed by atoms with Gasteiger partial charge in [-0.15, -0.1) is 0 Å². The number of aromatic nitrogens is 4. The van der Waals surface area contributed by atoms with Crippen LogP contribution < -0.4 is 10.9 Å². The van der Waals surface area contributed by atoms with Crippen LogP contribution in [-0.4, -0.2) is 44.5 Å². The van der Waals surface area contributed by atoms with Gasteiger partial charge in [0.15, 0.2) is 11.2 Å². The van der Waals surface area contributed by atoms with Crippen molar-refractivity contribution in [3.63, 3.8) is 0 Å². The molecule has 0 saturated carbocycles. The molecule has 1 atom stereocenters. The summed E-state index contributed by atoms with van der Waals surface area (Å²) in [6.07, 6.45) is 3.36. The summed E-state index contributed by atoms with van der Waals surface area (Å²) in [6.45, 7) is 3.13. The van der Waals surface area contributed by atoms with Crippen LogP contribution in [0.2, 0.25) is 0 Å². The summed E-state index contributed by atoms with van der Waals surface area (Å²) in [6, 6.07) is 7.59. The molecule has 1 aliphatic rings. The summed E-state index contributed by atoms with van der Waals surface area (Å²) in [5.74, 6) is -0.359. The minimum absolute atomic E-state index is 0.0280. The van der Waals surface area contributed by atoms with Crippen molar-refractivity contribution < 1.29 is 9.53 Å². The Bertz CT molecular complexity index is 1050. The molecule has 0 radical (unpaired) electrons. The van der Waals surface area contributed by atoms with E-state index in [0.717, 1.165) is 25.0 Å². The summed E-state index contributed by atoms with van der Waals surface area (Å²) in [4.78, 5) is 29.7. The van der Waals surface area contributed by atoms with Gasteiger partial charge < -0.3 is 14.6 Å². The normalized spacial score (nSPS) is 16.7. The van der Waals surface area contributed by atoms with E-state index in [2.05, 4.69) is 15.4 Å². The smallest absolute Gasteiger partial charge is 0.279 e. The lowest BCUT2D eigenvalue weighted by molar-refractivity contribution is 0.0854. The van der Waals surface area contributed by atoms with Crippen LogP contribution >= 0.6 is 0 Å². The number of nitrogens with zero attached hydrogens (tertiary/aromatic N) is 4. The van der Waals surface area contributed by atoms with Crippen molar-refractivity contribution >= 4 is 16.9 Å². The molecule has 0 unspecified atom stereocenters. The van der Waals surface area contributed by atoms with Gasteiger partial charge in [-0.3, -0.25) is 9.59 Å². The van der Waals surface area contributed by atoms with Gasteiger partial charge in [0.25, 0.3) is 11.5 Å². The topological polar surface area (TPSA) is 91.0 Å². The molecule has 1 N–H and O–H groups in total. The molecule has 1 aliphatic heterocycles. The Balaban J connectivity index is 1.77. The van der Waals surface area contributed by atoms with Gasteiger partial charge in [-0.25, -0.2) is 9.67 Å². The number of rotatable bonds is 4. The Kier molecular flexibility index (Phi) is 4.49. The van der Waals surface area contributed by atoms with E-state index < -0.39 is 0 Å². The second-order valence-corrected chi connectivity index (χ2v) is 6.80. The number of benzene rings is 1. The summed E-state index contributed by atoms with van der Waals surface area (Å²) in [5.41, 5.74) is 2.26. The fraction of sp³-hybridized carbons (Fsp3) is 0.368. The third-order valence-electron chi connectivity index (χ3n) is 4.75. The van der Waals surface area contributed by atoms with Crippen LogP contribution in [0.1, 0.15) is 28.9 Å². The SMILES string of the molecule is Cc1ccc(-n2nc(C(=O)NC[C@@H]3CCCO3)c3ncn(C)c(=O)c32)cc1. The number of ether oxygens (including phenoxy) is 1. The van der Waals surface area contributed by atoms with Crippen molar-refractivity contribution in [1.29, 1.82) is 0 Å². The number of aryl methyl sites for hydroxylation is 2. The Morgan fingerprint density at radius 2 is 2.11 bits per heavy atom. The number of hydrogen-bond acceptors (Lipinski definition) is 5. The number of fused-ring (bicyclic) bond motifs is 1. The number of amides is 1. The van der Waals surface area contributed by atoms with Gasteiger partial charge in [-0.1, -0.05) is 17.7 Å². The highest BCUT2D eigenvalue weighted by Gasteiger charge is 2.23. The largest absolute Gasteiger partial charge is 0.376 e. The van der Waals surface area contributed by atoms with Gasteiger partial charge in [-0.2, -0.15) is 5.10 Å². The molecule has 2 aromatic heterocycles. The van der Waals surface area contributed by atoms with Crippen LogP contribution in [0.15, 0.2) is 35.4 Å². The fourth-order valence-corrected chi connectivity index (χ4v) is 3.21. The van der Waals surface area contributed by atoms with Crippen molar-refractivity contribution in [1.82, 2.24) is 24.6 Å². The Labute approximate surface area is 155 Å². The minimum Gasteiger partial charge on any atom is -0.376 e. The third kappa shape index (κ3) is 3.23. The van der Waals surface area contributed by atoms with Crippen LogP contribution in [-0.2, 0) is 11.8 Å². The fourth-order valence-electron chi connectivity index (χ4n) is 3.21. The van der Waals surface area contributed by atoms with Gasteiger partial charge in [-0.05, 0) is 31.9 Å². The highest BCUT2D eigenvalue weighted by atomic mass is 16.5. The van der Waals surface area contributed by atoms with Gasteiger partial charge in [0.1, 0.15) is 5.52 Å². The van der Waals surface area contributed by atoms with Crippen molar-refractivity contribution in [2.45, 2.75) is 25.9 Å². The zero-order chi connectivity index (χ0) is 19.0. The first-order chi connectivity index (χ1) is 13.0. The van der Waals surface area contributed by atoms with E-state index in [1.807, 2.05) is 31.2 Å². The zero-order valence-electron chi connectivity index (χ0n) is 15.3. The van der Waals surface area contributed by atoms with Gasteiger partial charge >= 0.3 is 0 Å². The molecular weight excluding hydrogens is 346 g/mol. The summed E-state index contributed by atoms with van der Waals surface area (Å²) >= 11 is 0. The maximum absolute atomic E-state index is 12.7. The molecule has 1 aromatic carbocycles. The molecule has 4 rings (SSSR count). The highest BCUT2D eigenvalue weighted by Crippen LogP contribution is 2.18. The van der Waals surface area contributed by atoms with Crippen LogP contribution in [0.4, 0.5) is 0 Å². The summed E-state index contributed by atoms with van der Waals surface area (Å²) in [5, 5.41) is 7.28. The maximum Gasteiger partial charge on any atom is 0.279 e.